The molecule has 2 aromatic heterocycles. The van der Waals surface area contributed by atoms with Crippen molar-refractivity contribution in [2.24, 2.45) is 0 Å². The molecule has 352 valence electrons. The number of carbonyl (C=O) groups excluding carboxylic acids is 1. The van der Waals surface area contributed by atoms with Crippen LogP contribution in [0.15, 0.2) is 130 Å². The average molecular weight is 885 g/mol. The topological polar surface area (TPSA) is 105 Å². The highest BCUT2D eigenvalue weighted by molar-refractivity contribution is 5.90. The Morgan fingerprint density at radius 2 is 1.34 bits per heavy atom. The summed E-state index contributed by atoms with van der Waals surface area (Å²) in [5, 5.41) is 5.30. The maximum atomic E-state index is 12.4. The first-order valence-corrected chi connectivity index (χ1v) is 23.2. The number of ether oxygens (including phenoxy) is 1. The highest BCUT2D eigenvalue weighted by atomic mass is 16.4. The van der Waals surface area contributed by atoms with Crippen LogP contribution in [0.4, 0.5) is 0 Å². The van der Waals surface area contributed by atoms with Gasteiger partial charge in [0, 0.05) is 32.4 Å². The van der Waals surface area contributed by atoms with Crippen LogP contribution in [-0.2, 0) is 16.1 Å². The van der Waals surface area contributed by atoms with Crippen molar-refractivity contribution in [3.8, 4) is 33.6 Å². The molecule has 0 saturated carbocycles. The number of likely N-dealkylation sites (N-methyl/N-ethyl adjacent to an activating group) is 1. The Labute approximate surface area is 392 Å². The molecule has 65 heavy (non-hydrogen) atoms. The normalized spacial score (nSPS) is 13.3. The molecule has 3 heterocycles. The molecular formula is C55H80N8O2. The smallest absolute Gasteiger partial charge is 0.236 e. The van der Waals surface area contributed by atoms with Crippen molar-refractivity contribution in [2.45, 2.75) is 85.9 Å². The van der Waals surface area contributed by atoms with E-state index in [2.05, 4.69) is 206 Å². The summed E-state index contributed by atoms with van der Waals surface area (Å²) in [7, 11) is 7.21. The predicted octanol–water partition coefficient (Wildman–Crippen LogP) is 12.4. The molecule has 0 spiro atoms. The number of H-pyrrole nitrogens is 2. The summed E-state index contributed by atoms with van der Waals surface area (Å²) in [5.41, 5.74) is 8.01. The maximum Gasteiger partial charge on any atom is 0.236 e. The fraction of sp³-hybridized carbons (Fsp3) is 0.400. The quantitative estimate of drug-likeness (QED) is 0.0936. The summed E-state index contributed by atoms with van der Waals surface area (Å²) in [4.78, 5) is 35.3. The largest absolute Gasteiger partial charge is 0.388 e. The Bertz CT molecular complexity index is 2170. The molecule has 4 aromatic carbocycles. The van der Waals surface area contributed by atoms with E-state index in [4.69, 9.17) is 0 Å². The van der Waals surface area contributed by atoms with Gasteiger partial charge in [-0.25, -0.2) is 9.97 Å². The standard InChI is InChI=1S/C34H39N7O.C12H19N.C3H8.C2H6O.2C2H4/c1-4-15-41(33(42)21-35-2)22-32-36-19-30(38-32)28-14-13-26-17-25(11-12-27(26)18-28)23-7-9-24(10-8-23)29-20-37-34(39-29)31-6-5-16-40(31)3;1-4-13(5-2)11(3)12-9-7-6-8-10-12;2*1-3-2;2*1-2/h7-14,17-20,31,35H,4-6,15-16,21-22H2,1-3H3,(H,36,38)(H,37,39);6-11H,4-5H2,1-3H3;3H2,1-2H3;1-2H3;2*1-2H2. The molecule has 0 aliphatic carbocycles. The molecule has 1 fully saturated rings. The molecule has 0 radical (unpaired) electrons. The number of aromatic amines is 2. The van der Waals surface area contributed by atoms with Crippen molar-refractivity contribution in [3.63, 3.8) is 0 Å². The fourth-order valence-electron chi connectivity index (χ4n) is 7.65. The van der Waals surface area contributed by atoms with E-state index < -0.39 is 0 Å². The van der Waals surface area contributed by atoms with Crippen molar-refractivity contribution in [2.75, 3.05) is 61.0 Å². The van der Waals surface area contributed by atoms with Crippen LogP contribution in [0.2, 0.25) is 0 Å². The van der Waals surface area contributed by atoms with Gasteiger partial charge in [0.25, 0.3) is 0 Å². The molecule has 1 saturated heterocycles. The lowest BCUT2D eigenvalue weighted by Gasteiger charge is -2.26. The second kappa shape index (κ2) is 31.3. The van der Waals surface area contributed by atoms with Crippen molar-refractivity contribution >= 4 is 16.7 Å². The Morgan fingerprint density at radius 3 is 1.89 bits per heavy atom. The van der Waals surface area contributed by atoms with Crippen molar-refractivity contribution < 1.29 is 9.53 Å². The summed E-state index contributed by atoms with van der Waals surface area (Å²) in [5.74, 6) is 1.93. The molecule has 1 aliphatic rings. The van der Waals surface area contributed by atoms with Crippen molar-refractivity contribution in [1.29, 1.82) is 0 Å². The van der Waals surface area contributed by atoms with Gasteiger partial charge in [0.05, 0.1) is 42.9 Å². The Balaban J connectivity index is 0.000000526. The lowest BCUT2D eigenvalue weighted by molar-refractivity contribution is -0.130. The molecule has 1 amide bonds. The summed E-state index contributed by atoms with van der Waals surface area (Å²) < 4.78 is 4.25. The van der Waals surface area contributed by atoms with E-state index in [1.165, 1.54) is 40.3 Å². The molecule has 1 aliphatic heterocycles. The van der Waals surface area contributed by atoms with E-state index in [9.17, 15) is 4.79 Å². The second-order valence-electron chi connectivity index (χ2n) is 15.7. The zero-order valence-corrected chi connectivity index (χ0v) is 41.4. The molecule has 2 atom stereocenters. The van der Waals surface area contributed by atoms with E-state index in [1.807, 2.05) is 17.3 Å². The predicted molar refractivity (Wildman–Crippen MR) is 278 cm³/mol. The Kier molecular flexibility index (Phi) is 26.7. The minimum atomic E-state index is 0.0799. The van der Waals surface area contributed by atoms with Crippen molar-refractivity contribution in [3.05, 3.63) is 147 Å². The lowest BCUT2D eigenvalue weighted by Crippen LogP contribution is -2.37. The number of nitrogens with one attached hydrogen (secondary N) is 3. The highest BCUT2D eigenvalue weighted by Crippen LogP contribution is 2.32. The van der Waals surface area contributed by atoms with E-state index in [0.717, 1.165) is 66.6 Å². The first-order valence-electron chi connectivity index (χ1n) is 23.2. The zero-order valence-electron chi connectivity index (χ0n) is 41.4. The summed E-state index contributed by atoms with van der Waals surface area (Å²) in [6, 6.07) is 33.4. The minimum absolute atomic E-state index is 0.0799. The number of amides is 1. The number of methoxy groups -OCH3 is 1. The van der Waals surface area contributed by atoms with Crippen LogP contribution in [-0.4, -0.2) is 102 Å². The van der Waals surface area contributed by atoms with Gasteiger partial charge in [-0.1, -0.05) is 120 Å². The van der Waals surface area contributed by atoms with Crippen LogP contribution in [0, 0.1) is 0 Å². The summed E-state index contributed by atoms with van der Waals surface area (Å²) >= 11 is 0. The molecule has 6 aromatic rings. The number of fused-ring (bicyclic) bond motifs is 1. The van der Waals surface area contributed by atoms with Gasteiger partial charge in [-0.05, 0) is 105 Å². The third-order valence-electron chi connectivity index (χ3n) is 10.9. The number of imidazole rings is 2. The van der Waals surface area contributed by atoms with E-state index in [1.54, 1.807) is 21.3 Å². The Morgan fingerprint density at radius 1 is 0.800 bits per heavy atom. The number of benzene rings is 4. The third-order valence-corrected chi connectivity index (χ3v) is 10.9. The summed E-state index contributed by atoms with van der Waals surface area (Å²) in [6.07, 6.45) is 8.35. The number of nitrogens with zero attached hydrogens (tertiary/aromatic N) is 5. The minimum Gasteiger partial charge on any atom is -0.388 e. The van der Waals surface area contributed by atoms with Crippen molar-refractivity contribution in [1.82, 2.24) is 40.0 Å². The molecule has 7 rings (SSSR count). The van der Waals surface area contributed by atoms with Gasteiger partial charge < -0.3 is 24.9 Å². The fourth-order valence-corrected chi connectivity index (χ4v) is 7.65. The highest BCUT2D eigenvalue weighted by Gasteiger charge is 2.25. The van der Waals surface area contributed by atoms with Gasteiger partial charge >= 0.3 is 0 Å². The van der Waals surface area contributed by atoms with E-state index >= 15 is 0 Å². The average Bonchev–Trinajstić information content (AvgIpc) is 4.13. The van der Waals surface area contributed by atoms with Gasteiger partial charge in [-0.3, -0.25) is 14.6 Å². The van der Waals surface area contributed by atoms with E-state index in [0.29, 0.717) is 31.7 Å². The first kappa shape index (κ1) is 55.5. The number of rotatable bonds is 14. The number of aromatic nitrogens is 4. The van der Waals surface area contributed by atoms with Gasteiger partial charge in [0.1, 0.15) is 11.6 Å². The number of hydrogen-bond donors (Lipinski definition) is 3. The monoisotopic (exact) mass is 885 g/mol. The van der Waals surface area contributed by atoms with Crippen LogP contribution in [0.25, 0.3) is 44.4 Å². The van der Waals surface area contributed by atoms with Crippen LogP contribution in [0.3, 0.4) is 0 Å². The number of carbonyl (C=O) groups is 1. The molecule has 10 heteroatoms. The Hall–Kier alpha value is -5.65. The van der Waals surface area contributed by atoms with E-state index in [-0.39, 0.29) is 5.91 Å². The molecule has 0 bridgehead atoms. The summed E-state index contributed by atoms with van der Waals surface area (Å²) in [6.45, 7) is 29.9. The third kappa shape index (κ3) is 17.0. The van der Waals surface area contributed by atoms with Gasteiger partial charge in [-0.2, -0.15) is 0 Å². The van der Waals surface area contributed by atoms with Crippen LogP contribution in [0.1, 0.15) is 96.5 Å². The molecule has 3 N–H and O–H groups in total. The van der Waals surface area contributed by atoms with Crippen LogP contribution >= 0.6 is 0 Å². The van der Waals surface area contributed by atoms with Gasteiger partial charge in [-0.15, -0.1) is 26.3 Å². The van der Waals surface area contributed by atoms with Crippen LogP contribution < -0.4 is 5.32 Å². The molecular weight excluding hydrogens is 805 g/mol. The maximum absolute atomic E-state index is 12.4. The van der Waals surface area contributed by atoms with Gasteiger partial charge in [0.2, 0.25) is 5.91 Å². The van der Waals surface area contributed by atoms with Crippen LogP contribution in [0.5, 0.6) is 0 Å². The molecule has 10 nitrogen and oxygen atoms in total. The molecule has 2 unspecified atom stereocenters. The number of hydrogen-bond acceptors (Lipinski definition) is 7. The first-order chi connectivity index (χ1) is 31.6. The zero-order chi connectivity index (χ0) is 48.1. The SMILES string of the molecule is C=C.C=C.CCC.CCCN(Cc1ncc(-c2ccc3cc(-c4ccc(-c5cnc(C6CCCN6C)[nH]5)cc4)ccc3c2)[nH]1)C(=O)CNC.CCN(CC)C(C)c1ccccc1.COC. The lowest BCUT2D eigenvalue weighted by atomic mass is 9.98. The second-order valence-corrected chi connectivity index (χ2v) is 15.7. The number of likely N-dealkylation sites (tertiary alicyclic amines) is 1. The van der Waals surface area contributed by atoms with Gasteiger partial charge in [0.15, 0.2) is 0 Å².